The number of amides is 1. The number of nitrogen functional groups attached to an aromatic ring is 1. The molecule has 6 nitrogen and oxygen atoms in total. The van der Waals surface area contributed by atoms with Crippen molar-refractivity contribution < 1.29 is 13.2 Å². The second kappa shape index (κ2) is 5.45. The van der Waals surface area contributed by atoms with Gasteiger partial charge in [0.15, 0.2) is 9.84 Å². The molecule has 5 N–H and O–H groups in total. The van der Waals surface area contributed by atoms with Crippen LogP contribution in [0.2, 0.25) is 0 Å². The van der Waals surface area contributed by atoms with Crippen LogP contribution >= 0.6 is 0 Å². The quantitative estimate of drug-likeness (QED) is 0.741. The van der Waals surface area contributed by atoms with Crippen LogP contribution in [0.1, 0.15) is 10.4 Å². The molecule has 0 radical (unpaired) electrons. The largest absolute Gasteiger partial charge is 0.397 e. The van der Waals surface area contributed by atoms with E-state index in [4.69, 9.17) is 11.5 Å². The molecule has 0 saturated heterocycles. The first-order valence-electron chi connectivity index (χ1n) is 6.04. The third kappa shape index (κ3) is 3.51. The second-order valence-electron chi connectivity index (χ2n) is 4.59. The monoisotopic (exact) mass is 305 g/mol. The van der Waals surface area contributed by atoms with E-state index in [1.807, 2.05) is 0 Å². The fourth-order valence-corrected chi connectivity index (χ4v) is 2.39. The van der Waals surface area contributed by atoms with E-state index < -0.39 is 15.7 Å². The minimum absolute atomic E-state index is 0.229. The van der Waals surface area contributed by atoms with E-state index in [-0.39, 0.29) is 4.90 Å². The Bertz CT molecular complexity index is 784. The van der Waals surface area contributed by atoms with Crippen LogP contribution in [0.15, 0.2) is 47.4 Å². The van der Waals surface area contributed by atoms with Gasteiger partial charge in [0.2, 0.25) is 5.91 Å². The summed E-state index contributed by atoms with van der Waals surface area (Å²) in [7, 11) is -3.23. The second-order valence-corrected chi connectivity index (χ2v) is 6.60. The molecule has 7 heteroatoms. The molecule has 0 aliphatic carbocycles. The number of hydrogen-bond acceptors (Lipinski definition) is 5. The number of rotatable bonds is 4. The molecule has 1 amide bonds. The number of anilines is 3. The molecule has 21 heavy (non-hydrogen) atoms. The smallest absolute Gasteiger partial charge is 0.248 e. The van der Waals surface area contributed by atoms with Gasteiger partial charge in [-0.05, 0) is 42.5 Å². The Labute approximate surface area is 122 Å². The molecule has 2 aromatic rings. The molecule has 0 atom stereocenters. The Kier molecular flexibility index (Phi) is 3.86. The number of hydrogen-bond donors (Lipinski definition) is 3. The van der Waals surface area contributed by atoms with Crippen LogP contribution in [0.25, 0.3) is 0 Å². The molecule has 0 heterocycles. The average Bonchev–Trinajstić information content (AvgIpc) is 2.40. The first-order chi connectivity index (χ1) is 9.77. The van der Waals surface area contributed by atoms with E-state index in [2.05, 4.69) is 5.32 Å². The van der Waals surface area contributed by atoms with Crippen molar-refractivity contribution in [1.29, 1.82) is 0 Å². The van der Waals surface area contributed by atoms with Gasteiger partial charge >= 0.3 is 0 Å². The van der Waals surface area contributed by atoms with Crippen LogP contribution in [-0.4, -0.2) is 20.6 Å². The lowest BCUT2D eigenvalue weighted by Gasteiger charge is -2.11. The van der Waals surface area contributed by atoms with Crippen molar-refractivity contribution in [3.63, 3.8) is 0 Å². The molecule has 2 aromatic carbocycles. The summed E-state index contributed by atoms with van der Waals surface area (Å²) in [6.45, 7) is 0. The number of sulfone groups is 1. The Morgan fingerprint density at radius 2 is 1.71 bits per heavy atom. The fourth-order valence-electron chi connectivity index (χ4n) is 1.76. The van der Waals surface area contributed by atoms with Gasteiger partial charge in [-0.15, -0.1) is 0 Å². The predicted molar refractivity (Wildman–Crippen MR) is 82.2 cm³/mol. The number of primary amides is 1. The van der Waals surface area contributed by atoms with E-state index >= 15 is 0 Å². The molecule has 0 unspecified atom stereocenters. The summed E-state index contributed by atoms with van der Waals surface area (Å²) < 4.78 is 22.8. The topological polar surface area (TPSA) is 115 Å². The summed E-state index contributed by atoms with van der Waals surface area (Å²) in [5.74, 6) is -0.550. The summed E-state index contributed by atoms with van der Waals surface area (Å²) in [5.41, 5.74) is 13.0. The molecule has 0 aliphatic rings. The minimum Gasteiger partial charge on any atom is -0.397 e. The minimum atomic E-state index is -3.23. The Balaban J connectivity index is 2.30. The van der Waals surface area contributed by atoms with Gasteiger partial charge < -0.3 is 16.8 Å². The molecule has 110 valence electrons. The van der Waals surface area contributed by atoms with E-state index in [1.165, 1.54) is 18.2 Å². The van der Waals surface area contributed by atoms with Gasteiger partial charge in [-0.2, -0.15) is 0 Å². The summed E-state index contributed by atoms with van der Waals surface area (Å²) >= 11 is 0. The molecular formula is C14H15N3O3S. The Hall–Kier alpha value is -2.54. The lowest BCUT2D eigenvalue weighted by molar-refractivity contribution is 0.100. The average molecular weight is 305 g/mol. The van der Waals surface area contributed by atoms with Crippen molar-refractivity contribution in [2.75, 3.05) is 17.3 Å². The van der Waals surface area contributed by atoms with Crippen molar-refractivity contribution in [2.45, 2.75) is 4.90 Å². The highest BCUT2D eigenvalue weighted by Gasteiger charge is 2.08. The van der Waals surface area contributed by atoms with Gasteiger partial charge in [0.1, 0.15) is 0 Å². The van der Waals surface area contributed by atoms with Crippen molar-refractivity contribution in [3.05, 3.63) is 48.0 Å². The molecule has 0 saturated carbocycles. The van der Waals surface area contributed by atoms with Crippen LogP contribution in [-0.2, 0) is 9.84 Å². The van der Waals surface area contributed by atoms with Crippen molar-refractivity contribution in [2.24, 2.45) is 5.73 Å². The van der Waals surface area contributed by atoms with Crippen molar-refractivity contribution >= 4 is 32.8 Å². The van der Waals surface area contributed by atoms with Gasteiger partial charge in [-0.3, -0.25) is 4.79 Å². The summed E-state index contributed by atoms with van der Waals surface area (Å²) in [6, 6.07) is 10.9. The maximum absolute atomic E-state index is 11.4. The zero-order chi connectivity index (χ0) is 15.6. The van der Waals surface area contributed by atoms with Crippen LogP contribution in [0, 0.1) is 0 Å². The van der Waals surface area contributed by atoms with Gasteiger partial charge in [0.25, 0.3) is 0 Å². The van der Waals surface area contributed by atoms with Crippen LogP contribution in [0.5, 0.6) is 0 Å². The third-order valence-electron chi connectivity index (χ3n) is 2.90. The van der Waals surface area contributed by atoms with E-state index in [1.54, 1.807) is 24.3 Å². The van der Waals surface area contributed by atoms with Gasteiger partial charge in [-0.1, -0.05) is 0 Å². The van der Waals surface area contributed by atoms with Gasteiger partial charge in [-0.25, -0.2) is 8.42 Å². The fraction of sp³-hybridized carbons (Fsp3) is 0.0714. The van der Waals surface area contributed by atoms with E-state index in [9.17, 15) is 13.2 Å². The van der Waals surface area contributed by atoms with Crippen molar-refractivity contribution in [3.8, 4) is 0 Å². The lowest BCUT2D eigenvalue weighted by atomic mass is 10.1. The maximum Gasteiger partial charge on any atom is 0.248 e. The molecular weight excluding hydrogens is 290 g/mol. The number of carbonyl (C=O) groups is 1. The summed E-state index contributed by atoms with van der Waals surface area (Å²) in [6.07, 6.45) is 1.14. The predicted octanol–water partition coefficient (Wildman–Crippen LogP) is 1.51. The normalized spacial score (nSPS) is 11.1. The molecule has 0 spiro atoms. The Morgan fingerprint density at radius 3 is 2.24 bits per heavy atom. The number of nitrogens with two attached hydrogens (primary N) is 2. The molecule has 0 fully saturated rings. The number of benzene rings is 2. The Morgan fingerprint density at radius 1 is 1.10 bits per heavy atom. The zero-order valence-electron chi connectivity index (χ0n) is 11.3. The van der Waals surface area contributed by atoms with Crippen molar-refractivity contribution in [1.82, 2.24) is 0 Å². The third-order valence-corrected chi connectivity index (χ3v) is 4.03. The number of nitrogens with one attached hydrogen (secondary N) is 1. The molecule has 2 rings (SSSR count). The van der Waals surface area contributed by atoms with Crippen LogP contribution in [0.3, 0.4) is 0 Å². The van der Waals surface area contributed by atoms with E-state index in [0.717, 1.165) is 6.26 Å². The first kappa shape index (κ1) is 14.9. The summed E-state index contributed by atoms with van der Waals surface area (Å²) in [5, 5.41) is 3.02. The molecule has 0 aliphatic heterocycles. The maximum atomic E-state index is 11.4. The van der Waals surface area contributed by atoms with Crippen LogP contribution < -0.4 is 16.8 Å². The zero-order valence-corrected chi connectivity index (χ0v) is 12.1. The standard InChI is InChI=1S/C14H15N3O3S/c1-21(19,20)11-5-3-10(4-6-11)17-13-8-9(14(16)18)2-7-12(13)15/h2-8,17H,15H2,1H3,(H2,16,18). The summed E-state index contributed by atoms with van der Waals surface area (Å²) in [4.78, 5) is 11.4. The molecule has 0 bridgehead atoms. The molecule has 0 aromatic heterocycles. The van der Waals surface area contributed by atoms with Gasteiger partial charge in [0, 0.05) is 17.5 Å². The highest BCUT2D eigenvalue weighted by molar-refractivity contribution is 7.90. The van der Waals surface area contributed by atoms with Crippen LogP contribution in [0.4, 0.5) is 17.1 Å². The lowest BCUT2D eigenvalue weighted by Crippen LogP contribution is -2.11. The van der Waals surface area contributed by atoms with E-state index in [0.29, 0.717) is 22.6 Å². The highest BCUT2D eigenvalue weighted by Crippen LogP contribution is 2.25. The highest BCUT2D eigenvalue weighted by atomic mass is 32.2. The van der Waals surface area contributed by atoms with Gasteiger partial charge in [0.05, 0.1) is 16.3 Å². The SMILES string of the molecule is CS(=O)(=O)c1ccc(Nc2cc(C(N)=O)ccc2N)cc1. The number of carbonyl (C=O) groups excluding carboxylic acids is 1. The first-order valence-corrected chi connectivity index (χ1v) is 7.93.